The van der Waals surface area contributed by atoms with Crippen LogP contribution in [0.3, 0.4) is 0 Å². The molecule has 0 fully saturated rings. The van der Waals surface area contributed by atoms with Gasteiger partial charge in [-0.1, -0.05) is 25.4 Å². The number of nitrogens with one attached hydrogen (secondary N) is 1. The fourth-order valence-corrected chi connectivity index (χ4v) is 3.97. The van der Waals surface area contributed by atoms with Gasteiger partial charge < -0.3 is 10.2 Å². The highest BCUT2D eigenvalue weighted by Gasteiger charge is 2.42. The van der Waals surface area contributed by atoms with E-state index in [1.54, 1.807) is 6.07 Å². The van der Waals surface area contributed by atoms with Crippen LogP contribution in [-0.2, 0) is 0 Å². The van der Waals surface area contributed by atoms with Crippen LogP contribution in [0.1, 0.15) is 37.3 Å². The lowest BCUT2D eigenvalue weighted by atomic mass is 9.90. The number of fused-ring (bicyclic) bond motifs is 3. The van der Waals surface area contributed by atoms with Crippen LogP contribution in [0.4, 0.5) is 24.5 Å². The van der Waals surface area contributed by atoms with Crippen LogP contribution in [-0.4, -0.2) is 25.3 Å². The first kappa shape index (κ1) is 15.5. The molecule has 0 saturated carbocycles. The van der Waals surface area contributed by atoms with Crippen molar-refractivity contribution in [3.05, 3.63) is 29.3 Å². The van der Waals surface area contributed by atoms with Gasteiger partial charge in [0.05, 0.1) is 0 Å². The van der Waals surface area contributed by atoms with Crippen molar-refractivity contribution < 1.29 is 13.2 Å². The summed E-state index contributed by atoms with van der Waals surface area (Å²) in [6.07, 6.45) is -1.69. The fraction of sp³-hybridized carbons (Fsp3) is 0.500. The average Bonchev–Trinajstić information content (AvgIpc) is 2.69. The summed E-state index contributed by atoms with van der Waals surface area (Å²) >= 11 is 6.35. The van der Waals surface area contributed by atoms with E-state index in [0.717, 1.165) is 16.8 Å². The van der Waals surface area contributed by atoms with Crippen LogP contribution in [0.5, 0.6) is 0 Å². The molecule has 6 heteroatoms. The van der Waals surface area contributed by atoms with E-state index < -0.39 is 12.7 Å². The summed E-state index contributed by atoms with van der Waals surface area (Å²) in [5.74, 6) is 0.0133. The van der Waals surface area contributed by atoms with Crippen LogP contribution in [0.2, 0.25) is 0 Å². The quantitative estimate of drug-likeness (QED) is 0.824. The Kier molecular flexibility index (Phi) is 3.79. The summed E-state index contributed by atoms with van der Waals surface area (Å²) in [4.78, 5) is 1.49. The molecule has 120 valence electrons. The summed E-state index contributed by atoms with van der Waals surface area (Å²) < 4.78 is 38.9. The zero-order valence-electron chi connectivity index (χ0n) is 12.5. The maximum Gasteiger partial charge on any atom is 0.405 e. The van der Waals surface area contributed by atoms with Crippen LogP contribution >= 0.6 is 11.6 Å². The molecule has 2 nitrogen and oxygen atoms in total. The van der Waals surface area contributed by atoms with Crippen molar-refractivity contribution in [1.82, 2.24) is 0 Å². The summed E-state index contributed by atoms with van der Waals surface area (Å²) in [5, 5.41) is 3.86. The molecule has 0 amide bonds. The lowest BCUT2D eigenvalue weighted by Crippen LogP contribution is -2.40. The van der Waals surface area contributed by atoms with E-state index in [0.29, 0.717) is 23.7 Å². The second-order valence-electron chi connectivity index (χ2n) is 5.86. The Hall–Kier alpha value is -1.36. The molecule has 1 aromatic rings. The maximum absolute atomic E-state index is 13.0. The first-order valence-corrected chi connectivity index (χ1v) is 7.81. The Labute approximate surface area is 132 Å². The van der Waals surface area contributed by atoms with Crippen molar-refractivity contribution in [1.29, 1.82) is 0 Å². The molecular formula is C16H18ClF3N2. The average molecular weight is 331 g/mol. The van der Waals surface area contributed by atoms with E-state index in [9.17, 15) is 13.2 Å². The smallest absolute Gasteiger partial charge is 0.381 e. The van der Waals surface area contributed by atoms with Crippen molar-refractivity contribution in [2.75, 3.05) is 23.3 Å². The Morgan fingerprint density at radius 3 is 2.73 bits per heavy atom. The molecule has 0 radical (unpaired) electrons. The van der Waals surface area contributed by atoms with Gasteiger partial charge in [0.15, 0.2) is 0 Å². The summed E-state index contributed by atoms with van der Waals surface area (Å²) in [6.45, 7) is 3.64. The van der Waals surface area contributed by atoms with E-state index in [2.05, 4.69) is 5.32 Å². The molecule has 1 N–H and O–H groups in total. The molecule has 0 saturated heterocycles. The lowest BCUT2D eigenvalue weighted by molar-refractivity contribution is -0.120. The number of alkyl halides is 3. The molecule has 2 aliphatic rings. The van der Waals surface area contributed by atoms with Gasteiger partial charge >= 0.3 is 6.18 Å². The molecule has 0 bridgehead atoms. The van der Waals surface area contributed by atoms with Crippen molar-refractivity contribution in [2.45, 2.75) is 38.4 Å². The van der Waals surface area contributed by atoms with Gasteiger partial charge in [0, 0.05) is 40.5 Å². The summed E-state index contributed by atoms with van der Waals surface area (Å²) in [6, 6.07) is 3.46. The zero-order chi connectivity index (χ0) is 16.1. The minimum atomic E-state index is -4.22. The number of benzene rings is 1. The molecule has 2 heterocycles. The van der Waals surface area contributed by atoms with Gasteiger partial charge in [-0.05, 0) is 30.2 Å². The van der Waals surface area contributed by atoms with Crippen LogP contribution < -0.4 is 10.2 Å². The normalized spacial score (nSPS) is 23.7. The predicted molar refractivity (Wildman–Crippen MR) is 84.7 cm³/mol. The van der Waals surface area contributed by atoms with Crippen LogP contribution in [0, 0.1) is 0 Å². The second-order valence-corrected chi connectivity index (χ2v) is 6.27. The lowest BCUT2D eigenvalue weighted by Gasteiger charge is -2.29. The minimum Gasteiger partial charge on any atom is -0.381 e. The third kappa shape index (κ3) is 2.45. The number of hydrogen-bond donors (Lipinski definition) is 1. The number of nitrogens with zero attached hydrogens (tertiary/aromatic N) is 1. The number of rotatable bonds is 2. The molecule has 0 aliphatic carbocycles. The van der Waals surface area contributed by atoms with Crippen molar-refractivity contribution >= 4 is 28.0 Å². The van der Waals surface area contributed by atoms with E-state index in [1.807, 2.05) is 26.0 Å². The first-order valence-electron chi connectivity index (χ1n) is 7.43. The summed E-state index contributed by atoms with van der Waals surface area (Å²) in [5.41, 5.74) is 3.36. The van der Waals surface area contributed by atoms with Crippen molar-refractivity contribution in [3.8, 4) is 0 Å². The van der Waals surface area contributed by atoms with E-state index >= 15 is 0 Å². The van der Waals surface area contributed by atoms with Gasteiger partial charge in [-0.3, -0.25) is 0 Å². The van der Waals surface area contributed by atoms with Crippen molar-refractivity contribution in [3.63, 3.8) is 0 Å². The van der Waals surface area contributed by atoms with E-state index in [1.165, 1.54) is 4.90 Å². The van der Waals surface area contributed by atoms with Gasteiger partial charge in [-0.15, -0.1) is 0 Å². The van der Waals surface area contributed by atoms with Crippen molar-refractivity contribution in [2.24, 2.45) is 0 Å². The molecule has 0 aromatic heterocycles. The van der Waals surface area contributed by atoms with Crippen LogP contribution in [0.25, 0.3) is 5.03 Å². The van der Waals surface area contributed by atoms with Gasteiger partial charge in [0.2, 0.25) is 0 Å². The molecular weight excluding hydrogens is 313 g/mol. The SMILES string of the molecule is CCC1C(C)c2c(ccc3c2C(Cl)=CCN3)N1CC(F)(F)F. The molecule has 2 atom stereocenters. The largest absolute Gasteiger partial charge is 0.405 e. The standard InChI is InChI=1S/C16H18ClF3N2/c1-3-12-9(2)14-13(22(12)8-16(18,19)20)5-4-11-15(14)10(17)6-7-21-11/h4-6,9,12,21H,3,7-8H2,1-2H3. The Bertz CT molecular complexity index is 625. The highest BCUT2D eigenvalue weighted by molar-refractivity contribution is 6.49. The third-order valence-electron chi connectivity index (χ3n) is 4.55. The van der Waals surface area contributed by atoms with E-state index in [-0.39, 0.29) is 12.0 Å². The number of halogens is 4. The Morgan fingerprint density at radius 2 is 2.09 bits per heavy atom. The molecule has 22 heavy (non-hydrogen) atoms. The minimum absolute atomic E-state index is 0.0133. The van der Waals surface area contributed by atoms with Gasteiger partial charge in [-0.2, -0.15) is 13.2 Å². The monoisotopic (exact) mass is 330 g/mol. The van der Waals surface area contributed by atoms with Gasteiger partial charge in [-0.25, -0.2) is 0 Å². The topological polar surface area (TPSA) is 15.3 Å². The van der Waals surface area contributed by atoms with Gasteiger partial charge in [0.1, 0.15) is 6.54 Å². The summed E-state index contributed by atoms with van der Waals surface area (Å²) in [7, 11) is 0. The fourth-order valence-electron chi connectivity index (χ4n) is 3.69. The molecule has 2 unspecified atom stereocenters. The second kappa shape index (κ2) is 5.37. The number of hydrogen-bond acceptors (Lipinski definition) is 2. The maximum atomic E-state index is 13.0. The van der Waals surface area contributed by atoms with Gasteiger partial charge in [0.25, 0.3) is 0 Å². The zero-order valence-corrected chi connectivity index (χ0v) is 13.2. The highest BCUT2D eigenvalue weighted by atomic mass is 35.5. The highest BCUT2D eigenvalue weighted by Crippen LogP contribution is 2.49. The predicted octanol–water partition coefficient (Wildman–Crippen LogP) is 4.96. The molecule has 2 aliphatic heterocycles. The molecule has 3 rings (SSSR count). The third-order valence-corrected chi connectivity index (χ3v) is 4.89. The molecule has 1 aromatic carbocycles. The Morgan fingerprint density at radius 1 is 1.36 bits per heavy atom. The Balaban J connectivity index is 2.13. The molecule has 0 spiro atoms. The first-order chi connectivity index (χ1) is 10.3. The number of anilines is 2. The van der Waals surface area contributed by atoms with Crippen LogP contribution in [0.15, 0.2) is 18.2 Å². The van der Waals surface area contributed by atoms with E-state index in [4.69, 9.17) is 11.6 Å².